The molecule has 0 aromatic rings. The first-order valence-corrected chi connectivity index (χ1v) is 7.82. The van der Waals surface area contributed by atoms with Gasteiger partial charge in [-0.3, -0.25) is 0 Å². The molecule has 0 atom stereocenters. The summed E-state index contributed by atoms with van der Waals surface area (Å²) in [5.41, 5.74) is 0. The zero-order valence-electron chi connectivity index (χ0n) is 14.0. The minimum Gasteiger partial charge on any atom is -0.313 e. The van der Waals surface area contributed by atoms with Gasteiger partial charge in [-0.05, 0) is 37.3 Å². The van der Waals surface area contributed by atoms with Gasteiger partial charge >= 0.3 is 0 Å². The van der Waals surface area contributed by atoms with Crippen LogP contribution in [0.2, 0.25) is 0 Å². The summed E-state index contributed by atoms with van der Waals surface area (Å²) in [6, 6.07) is 0. The normalized spacial score (nSPS) is 11.7. The predicted octanol–water partition coefficient (Wildman–Crippen LogP) is 3.57. The summed E-state index contributed by atoms with van der Waals surface area (Å²) in [6.45, 7) is 30.0. The topological polar surface area (TPSA) is 0 Å². The van der Waals surface area contributed by atoms with E-state index in [1.165, 1.54) is 0 Å². The van der Waals surface area contributed by atoms with Crippen molar-refractivity contribution in [2.24, 2.45) is 0 Å². The molecule has 0 saturated heterocycles. The number of hydrogen-bond acceptors (Lipinski definition) is 0. The predicted molar refractivity (Wildman–Crippen MR) is 96.1 cm³/mol. The van der Waals surface area contributed by atoms with E-state index in [-0.39, 0.29) is 0 Å². The smallest absolute Gasteiger partial charge is 0.129 e. The van der Waals surface area contributed by atoms with Gasteiger partial charge < -0.3 is 8.97 Å². The lowest BCUT2D eigenvalue weighted by Gasteiger charge is -2.42. The third-order valence-electron chi connectivity index (χ3n) is 4.30. The molecule has 0 fully saturated rings. The molecule has 0 unspecified atom stereocenters. The van der Waals surface area contributed by atoms with Crippen LogP contribution in [0.4, 0.5) is 0 Å². The Morgan fingerprint density at radius 1 is 0.571 bits per heavy atom. The third-order valence-corrected chi connectivity index (χ3v) is 4.30. The fourth-order valence-electron chi connectivity index (χ4n) is 2.96. The third kappa shape index (κ3) is 6.28. The Kier molecular flexibility index (Phi) is 9.68. The first-order valence-electron chi connectivity index (χ1n) is 7.82. The molecule has 118 valence electrons. The number of rotatable bonds is 14. The van der Waals surface area contributed by atoms with E-state index in [4.69, 9.17) is 0 Å². The van der Waals surface area contributed by atoms with E-state index in [0.717, 1.165) is 61.3 Å². The van der Waals surface area contributed by atoms with E-state index in [9.17, 15) is 0 Å². The summed E-state index contributed by atoms with van der Waals surface area (Å²) in [5, 5.41) is 0. The molecule has 0 amide bonds. The van der Waals surface area contributed by atoms with Crippen LogP contribution in [0.15, 0.2) is 63.3 Å². The van der Waals surface area contributed by atoms with Gasteiger partial charge in [0.25, 0.3) is 0 Å². The Balaban J connectivity index is 5.14. The monoisotopic (exact) mass is 290 g/mol. The summed E-state index contributed by atoms with van der Waals surface area (Å²) in [6.07, 6.45) is 10.1. The van der Waals surface area contributed by atoms with Crippen molar-refractivity contribution in [2.75, 3.05) is 52.4 Å². The lowest BCUT2D eigenvalue weighted by Crippen LogP contribution is -2.58. The lowest BCUT2D eigenvalue weighted by atomic mass is 10.2. The van der Waals surface area contributed by atoms with Crippen molar-refractivity contribution in [3.05, 3.63) is 63.3 Å². The molecule has 0 N–H and O–H groups in total. The zero-order chi connectivity index (χ0) is 16.2. The molecule has 0 aliphatic rings. The second-order valence-electron chi connectivity index (χ2n) is 5.80. The molecular formula is C19H34N2+2. The van der Waals surface area contributed by atoms with Gasteiger partial charge in [-0.25, -0.2) is 0 Å². The van der Waals surface area contributed by atoms with Gasteiger partial charge in [-0.15, -0.1) is 0 Å². The van der Waals surface area contributed by atoms with E-state index < -0.39 is 0 Å². The molecule has 0 rings (SSSR count). The van der Waals surface area contributed by atoms with Crippen molar-refractivity contribution in [2.45, 2.75) is 6.92 Å². The SMILES string of the molecule is C=CC[N+](CC)(CC=C)CC[N+](CC=C)(CC=C)CC=C. The summed E-state index contributed by atoms with van der Waals surface area (Å²) in [4.78, 5) is 0. The van der Waals surface area contributed by atoms with Crippen LogP contribution >= 0.6 is 0 Å². The van der Waals surface area contributed by atoms with Crippen molar-refractivity contribution in [1.29, 1.82) is 0 Å². The van der Waals surface area contributed by atoms with Crippen LogP contribution in [-0.2, 0) is 0 Å². The largest absolute Gasteiger partial charge is 0.313 e. The molecule has 0 bridgehead atoms. The molecule has 2 heteroatoms. The van der Waals surface area contributed by atoms with E-state index >= 15 is 0 Å². The average molecular weight is 290 g/mol. The Bertz CT molecular complexity index is 318. The van der Waals surface area contributed by atoms with E-state index in [2.05, 4.69) is 39.8 Å². The molecule has 0 heterocycles. The highest BCUT2D eigenvalue weighted by atomic mass is 15.4. The molecule has 0 spiro atoms. The standard InChI is InChI=1S/C19H34N2/c1-7-13-20(12-6,14-8-2)18-19-21(15-9-3,16-10-4)17-11-5/h7-11H,1-5,12-19H2,6H3/q+2. The number of hydrogen-bond donors (Lipinski definition) is 0. The van der Waals surface area contributed by atoms with Gasteiger partial charge in [0.15, 0.2) is 0 Å². The first-order chi connectivity index (χ1) is 10.1. The molecule has 0 radical (unpaired) electrons. The second kappa shape index (κ2) is 10.4. The maximum Gasteiger partial charge on any atom is 0.129 e. The molecule has 0 aliphatic heterocycles. The highest BCUT2D eigenvalue weighted by Crippen LogP contribution is 2.14. The summed E-state index contributed by atoms with van der Waals surface area (Å²) >= 11 is 0. The van der Waals surface area contributed by atoms with E-state index in [1.54, 1.807) is 0 Å². The van der Waals surface area contributed by atoms with Gasteiger partial charge in [0, 0.05) is 0 Å². The van der Waals surface area contributed by atoms with Crippen molar-refractivity contribution in [3.63, 3.8) is 0 Å². The van der Waals surface area contributed by atoms with Gasteiger partial charge in [0.05, 0.1) is 39.3 Å². The quantitative estimate of drug-likeness (QED) is 0.339. The summed E-state index contributed by atoms with van der Waals surface area (Å²) in [7, 11) is 0. The van der Waals surface area contributed by atoms with Crippen molar-refractivity contribution in [1.82, 2.24) is 0 Å². The summed E-state index contributed by atoms with van der Waals surface area (Å²) in [5.74, 6) is 0. The van der Waals surface area contributed by atoms with Crippen LogP contribution in [0.3, 0.4) is 0 Å². The minimum absolute atomic E-state index is 0.948. The Hall–Kier alpha value is -1.38. The minimum atomic E-state index is 0.948. The Morgan fingerprint density at radius 2 is 0.857 bits per heavy atom. The van der Waals surface area contributed by atoms with Crippen molar-refractivity contribution < 1.29 is 8.97 Å². The lowest BCUT2D eigenvalue weighted by molar-refractivity contribution is -0.968. The van der Waals surface area contributed by atoms with Crippen LogP contribution in [0.25, 0.3) is 0 Å². The Labute approximate surface area is 132 Å². The number of quaternary nitrogens is 2. The Morgan fingerprint density at radius 3 is 1.14 bits per heavy atom. The van der Waals surface area contributed by atoms with Crippen molar-refractivity contribution in [3.8, 4) is 0 Å². The maximum absolute atomic E-state index is 3.93. The van der Waals surface area contributed by atoms with Gasteiger partial charge in [-0.2, -0.15) is 0 Å². The molecule has 21 heavy (non-hydrogen) atoms. The highest BCUT2D eigenvalue weighted by molar-refractivity contribution is 4.77. The van der Waals surface area contributed by atoms with Gasteiger partial charge in [-0.1, -0.05) is 32.9 Å². The molecular weight excluding hydrogens is 256 g/mol. The maximum atomic E-state index is 3.93. The fraction of sp³-hybridized carbons (Fsp3) is 0.474. The van der Waals surface area contributed by atoms with Crippen LogP contribution in [-0.4, -0.2) is 61.3 Å². The molecule has 0 aromatic carbocycles. The molecule has 0 saturated carbocycles. The van der Waals surface area contributed by atoms with Gasteiger partial charge in [0.2, 0.25) is 0 Å². The van der Waals surface area contributed by atoms with Gasteiger partial charge in [0.1, 0.15) is 13.1 Å². The van der Waals surface area contributed by atoms with E-state index in [1.807, 2.05) is 30.4 Å². The molecule has 0 aliphatic carbocycles. The van der Waals surface area contributed by atoms with Crippen LogP contribution in [0, 0.1) is 0 Å². The summed E-state index contributed by atoms with van der Waals surface area (Å²) < 4.78 is 1.96. The van der Waals surface area contributed by atoms with Crippen LogP contribution in [0.1, 0.15) is 6.92 Å². The number of likely N-dealkylation sites (N-methyl/N-ethyl adjacent to an activating group) is 1. The first kappa shape index (κ1) is 19.6. The van der Waals surface area contributed by atoms with E-state index in [0.29, 0.717) is 0 Å². The molecule has 2 nitrogen and oxygen atoms in total. The number of nitrogens with zero attached hydrogens (tertiary/aromatic N) is 2. The van der Waals surface area contributed by atoms with Crippen LogP contribution in [0.5, 0.6) is 0 Å². The van der Waals surface area contributed by atoms with Crippen LogP contribution < -0.4 is 0 Å². The molecule has 0 aromatic heterocycles. The zero-order valence-corrected chi connectivity index (χ0v) is 14.0. The second-order valence-corrected chi connectivity index (χ2v) is 5.80. The fourth-order valence-corrected chi connectivity index (χ4v) is 2.96. The average Bonchev–Trinajstić information content (AvgIpc) is 2.46. The van der Waals surface area contributed by atoms with Crippen molar-refractivity contribution >= 4 is 0 Å². The highest BCUT2D eigenvalue weighted by Gasteiger charge is 2.30.